The van der Waals surface area contributed by atoms with Crippen molar-refractivity contribution in [2.24, 2.45) is 0 Å². The summed E-state index contributed by atoms with van der Waals surface area (Å²) in [4.78, 5) is 31.3. The molecule has 2 amide bonds. The number of anilines is 2. The molecule has 15 nitrogen and oxygen atoms in total. The lowest BCUT2D eigenvalue weighted by Crippen LogP contribution is -2.26. The van der Waals surface area contributed by atoms with Gasteiger partial charge in [0.05, 0.1) is 68.7 Å². The Bertz CT molecular complexity index is 2460. The molecule has 6 rings (SSSR count). The van der Waals surface area contributed by atoms with Crippen molar-refractivity contribution in [3.05, 3.63) is 118 Å². The summed E-state index contributed by atoms with van der Waals surface area (Å²) in [5.74, 6) is -0.820. The average molecular weight is 886 g/mol. The zero-order chi connectivity index (χ0) is 41.8. The first-order valence-electron chi connectivity index (χ1n) is 18.5. The van der Waals surface area contributed by atoms with E-state index in [1.54, 1.807) is 60.9 Å². The number of aromatic nitrogens is 2. The molecule has 2 heterocycles. The fourth-order valence-corrected chi connectivity index (χ4v) is 8.58. The Hall–Kier alpha value is -5.14. The number of halogens is 2. The molecule has 0 fully saturated rings. The second kappa shape index (κ2) is 20.2. The van der Waals surface area contributed by atoms with Crippen LogP contribution in [0.4, 0.5) is 11.4 Å². The Balaban J connectivity index is 0.790. The minimum atomic E-state index is -3.99. The summed E-state index contributed by atoms with van der Waals surface area (Å²) >= 11 is 12.3. The van der Waals surface area contributed by atoms with Crippen molar-refractivity contribution in [1.29, 1.82) is 0 Å². The van der Waals surface area contributed by atoms with Gasteiger partial charge < -0.3 is 34.8 Å². The van der Waals surface area contributed by atoms with Crippen LogP contribution in [0.2, 0.25) is 10.0 Å². The van der Waals surface area contributed by atoms with Gasteiger partial charge in [0.25, 0.3) is 31.9 Å². The van der Waals surface area contributed by atoms with Crippen LogP contribution in [0.15, 0.2) is 107 Å². The van der Waals surface area contributed by atoms with Crippen molar-refractivity contribution in [2.75, 3.05) is 62.2 Å². The number of hydrogen-bond donors (Lipinski definition) is 6. The minimum absolute atomic E-state index is 0.0582. The van der Waals surface area contributed by atoms with Gasteiger partial charge in [-0.2, -0.15) is 0 Å². The van der Waals surface area contributed by atoms with Gasteiger partial charge >= 0.3 is 0 Å². The maximum absolute atomic E-state index is 13.1. The summed E-state index contributed by atoms with van der Waals surface area (Å²) in [6, 6.07) is 21.7. The number of carbonyl (C=O) groups excluding carboxylic acids is 2. The molecule has 0 radical (unpaired) electrons. The van der Waals surface area contributed by atoms with E-state index in [-0.39, 0.29) is 20.9 Å². The van der Waals surface area contributed by atoms with E-state index in [1.165, 1.54) is 36.4 Å². The van der Waals surface area contributed by atoms with E-state index in [4.69, 9.17) is 37.4 Å². The Morgan fingerprint density at radius 1 is 0.542 bits per heavy atom. The third kappa shape index (κ3) is 11.5. The molecular weight excluding hydrogens is 844 g/mol. The highest BCUT2D eigenvalue weighted by molar-refractivity contribution is 7.93. The molecule has 0 saturated carbocycles. The summed E-state index contributed by atoms with van der Waals surface area (Å²) in [6.07, 6.45) is 4.24. The highest BCUT2D eigenvalue weighted by Crippen LogP contribution is 2.31. The lowest BCUT2D eigenvalue weighted by molar-refractivity contribution is 0.0139. The number of fused-ring (bicyclic) bond motifs is 2. The molecule has 59 heavy (non-hydrogen) atoms. The van der Waals surface area contributed by atoms with Gasteiger partial charge in [-0.3, -0.25) is 19.0 Å². The molecule has 0 aliphatic rings. The van der Waals surface area contributed by atoms with Crippen LogP contribution in [-0.2, 0) is 34.3 Å². The van der Waals surface area contributed by atoms with Gasteiger partial charge in [-0.05, 0) is 61.4 Å². The van der Waals surface area contributed by atoms with Crippen LogP contribution in [0.1, 0.15) is 33.6 Å². The fraction of sp³-hybridized carbons (Fsp3) is 0.250. The maximum Gasteiger partial charge on any atom is 0.261 e. The van der Waals surface area contributed by atoms with Crippen molar-refractivity contribution < 1.29 is 40.6 Å². The van der Waals surface area contributed by atoms with Gasteiger partial charge in [0.1, 0.15) is 0 Å². The largest absolute Gasteiger partial charge is 0.379 e. The van der Waals surface area contributed by atoms with Crippen LogP contribution < -0.4 is 20.1 Å². The van der Waals surface area contributed by atoms with Gasteiger partial charge in [0.15, 0.2) is 0 Å². The number of amides is 2. The zero-order valence-electron chi connectivity index (χ0n) is 31.6. The molecule has 0 atom stereocenters. The summed E-state index contributed by atoms with van der Waals surface area (Å²) in [5.41, 5.74) is 2.18. The molecule has 0 spiro atoms. The van der Waals surface area contributed by atoms with Crippen molar-refractivity contribution in [1.82, 2.24) is 20.6 Å². The van der Waals surface area contributed by atoms with Crippen LogP contribution in [0.25, 0.3) is 21.8 Å². The van der Waals surface area contributed by atoms with Crippen LogP contribution in [0, 0.1) is 0 Å². The van der Waals surface area contributed by atoms with Crippen molar-refractivity contribution in [3.8, 4) is 0 Å². The van der Waals surface area contributed by atoms with Gasteiger partial charge in [0, 0.05) is 60.6 Å². The molecule has 4 aromatic carbocycles. The fourth-order valence-electron chi connectivity index (χ4n) is 5.93. The smallest absolute Gasteiger partial charge is 0.261 e. The number of ether oxygens (including phenoxy) is 3. The molecule has 312 valence electrons. The van der Waals surface area contributed by atoms with Gasteiger partial charge in [-0.15, -0.1) is 0 Å². The molecule has 0 aliphatic heterocycles. The first kappa shape index (κ1) is 43.4. The predicted molar refractivity (Wildman–Crippen MR) is 227 cm³/mol. The minimum Gasteiger partial charge on any atom is -0.379 e. The number of rotatable bonds is 22. The topological polar surface area (TPSA) is 210 Å². The Labute approximate surface area is 351 Å². The van der Waals surface area contributed by atoms with E-state index in [9.17, 15) is 26.4 Å². The highest BCUT2D eigenvalue weighted by Gasteiger charge is 2.20. The van der Waals surface area contributed by atoms with Crippen LogP contribution >= 0.6 is 23.2 Å². The number of sulfonamides is 2. The summed E-state index contributed by atoms with van der Waals surface area (Å²) in [7, 11) is -7.99. The number of H-pyrrole nitrogens is 2. The van der Waals surface area contributed by atoms with Crippen LogP contribution in [-0.4, -0.2) is 91.3 Å². The van der Waals surface area contributed by atoms with E-state index >= 15 is 0 Å². The standard InChI is InChI=1S/C40H42Cl2N6O9S2/c41-33-25-45-37-31(33)11-3-13-35(37)47-58(51,52)29-9-1-7-27(23-29)39(49)43-15-5-17-55-19-21-57-22-20-56-18-6-16-44-40(50)28-8-2-10-30(24-28)59(53,54)48-36-14-4-12-32-34(42)26-46-38(32)36/h1-4,7-14,23-26,45-48H,5-6,15-22H2,(H,43,49)(H,44,50). The SMILES string of the molecule is O=C(NCCCOCCOCCOCCCNC(=O)c1cccc(S(=O)(=O)Nc2cccc3c(Cl)c[nH]c23)c1)c1cccc(S(=O)(=O)Nc2cccc3c(Cl)c[nH]c23)c1. The third-order valence-electron chi connectivity index (χ3n) is 8.88. The van der Waals surface area contributed by atoms with Gasteiger partial charge in [-0.1, -0.05) is 59.6 Å². The van der Waals surface area contributed by atoms with Gasteiger partial charge in [-0.25, -0.2) is 16.8 Å². The summed E-state index contributed by atoms with van der Waals surface area (Å²) in [5, 5.41) is 7.86. The third-order valence-corrected chi connectivity index (χ3v) is 12.2. The monoisotopic (exact) mass is 884 g/mol. The number of benzene rings is 4. The quantitative estimate of drug-likeness (QED) is 0.0408. The highest BCUT2D eigenvalue weighted by atomic mass is 35.5. The number of nitrogens with one attached hydrogen (secondary N) is 6. The molecule has 0 saturated heterocycles. The van der Waals surface area contributed by atoms with Crippen molar-refractivity contribution in [2.45, 2.75) is 22.6 Å². The normalized spacial score (nSPS) is 11.8. The second-order valence-corrected chi connectivity index (χ2v) is 17.2. The van der Waals surface area contributed by atoms with E-state index in [0.717, 1.165) is 0 Å². The van der Waals surface area contributed by atoms with Crippen molar-refractivity contribution in [3.63, 3.8) is 0 Å². The second-order valence-electron chi connectivity index (χ2n) is 13.1. The predicted octanol–water partition coefficient (Wildman–Crippen LogP) is 6.55. The Morgan fingerprint density at radius 2 is 0.932 bits per heavy atom. The number of aromatic amines is 2. The van der Waals surface area contributed by atoms with Gasteiger partial charge in [0.2, 0.25) is 0 Å². The molecule has 0 bridgehead atoms. The van der Waals surface area contributed by atoms with Crippen LogP contribution in [0.3, 0.4) is 0 Å². The molecule has 2 aromatic heterocycles. The molecule has 6 aromatic rings. The molecule has 6 N–H and O–H groups in total. The lowest BCUT2D eigenvalue weighted by Gasteiger charge is -2.11. The maximum atomic E-state index is 13.1. The van der Waals surface area contributed by atoms with Crippen molar-refractivity contribution >= 4 is 88.2 Å². The first-order valence-corrected chi connectivity index (χ1v) is 22.2. The molecular formula is C40H42Cl2N6O9S2. The number of para-hydroxylation sites is 2. The molecule has 0 aliphatic carbocycles. The lowest BCUT2D eigenvalue weighted by atomic mass is 10.2. The molecule has 0 unspecified atom stereocenters. The van der Waals surface area contributed by atoms with E-state index in [0.29, 0.717) is 109 Å². The van der Waals surface area contributed by atoms with E-state index in [2.05, 4.69) is 30.0 Å². The van der Waals surface area contributed by atoms with Crippen LogP contribution in [0.5, 0.6) is 0 Å². The average Bonchev–Trinajstić information content (AvgIpc) is 3.81. The molecule has 19 heteroatoms. The Morgan fingerprint density at radius 3 is 1.36 bits per heavy atom. The Kier molecular flexibility index (Phi) is 14.9. The summed E-state index contributed by atoms with van der Waals surface area (Å²) < 4.78 is 74.3. The zero-order valence-corrected chi connectivity index (χ0v) is 34.7. The number of hydrogen-bond acceptors (Lipinski definition) is 9. The number of carbonyl (C=O) groups is 2. The van der Waals surface area contributed by atoms with E-state index < -0.39 is 31.9 Å². The first-order chi connectivity index (χ1) is 28.4. The van der Waals surface area contributed by atoms with E-state index in [1.807, 2.05) is 0 Å². The summed E-state index contributed by atoms with van der Waals surface area (Å²) in [6.45, 7) is 2.84.